The molecule has 0 aliphatic rings. The molecule has 1 rings (SSSR count). The van der Waals surface area contributed by atoms with Gasteiger partial charge in [-0.25, -0.2) is 0 Å². The third kappa shape index (κ3) is 4.72. The second-order valence-corrected chi connectivity index (χ2v) is 3.30. The van der Waals surface area contributed by atoms with Gasteiger partial charge >= 0.3 is 6.18 Å². The number of guanidine groups is 1. The van der Waals surface area contributed by atoms with E-state index < -0.39 is 22.4 Å². The molecule has 0 spiro atoms. The number of hydrogen-bond acceptors (Lipinski definition) is 4. The van der Waals surface area contributed by atoms with Crippen LogP contribution < -0.4 is 11.5 Å². The minimum absolute atomic E-state index is 0. The Morgan fingerprint density at radius 3 is 2.40 bits per heavy atom. The topological polar surface area (TPSA) is 120 Å². The molecule has 0 aromatic heterocycles. The normalized spacial score (nSPS) is 10.9. The largest absolute Gasteiger partial charge is 0.422 e. The molecule has 0 unspecified atom stereocenters. The van der Waals surface area contributed by atoms with Gasteiger partial charge in [0.2, 0.25) is 5.96 Å². The van der Waals surface area contributed by atoms with E-state index in [1.165, 1.54) is 0 Å². The lowest BCUT2D eigenvalue weighted by Crippen LogP contribution is -2.21. The van der Waals surface area contributed by atoms with Crippen LogP contribution in [0.5, 0.6) is 0 Å². The number of nitro groups is 1. The van der Waals surface area contributed by atoms with Gasteiger partial charge in [0.05, 0.1) is 11.1 Å². The number of rotatable bonds is 3. The predicted octanol–water partition coefficient (Wildman–Crippen LogP) is 1.64. The van der Waals surface area contributed by atoms with Gasteiger partial charge in [-0.1, -0.05) is 6.07 Å². The van der Waals surface area contributed by atoms with Crippen LogP contribution in [0.4, 0.5) is 18.9 Å². The van der Waals surface area contributed by atoms with Gasteiger partial charge < -0.3 is 11.5 Å². The highest BCUT2D eigenvalue weighted by Crippen LogP contribution is 2.36. The van der Waals surface area contributed by atoms with E-state index in [2.05, 4.69) is 10.2 Å². The average molecular weight is 312 g/mol. The Morgan fingerprint density at radius 1 is 1.35 bits per heavy atom. The monoisotopic (exact) mass is 311 g/mol. The maximum absolute atomic E-state index is 12.5. The molecule has 4 N–H and O–H groups in total. The van der Waals surface area contributed by atoms with E-state index in [1.807, 2.05) is 0 Å². The minimum atomic E-state index is -4.81. The van der Waals surface area contributed by atoms with E-state index in [9.17, 15) is 23.3 Å². The first-order valence-corrected chi connectivity index (χ1v) is 4.69. The van der Waals surface area contributed by atoms with E-state index in [-0.39, 0.29) is 23.9 Å². The smallest absolute Gasteiger partial charge is 0.369 e. The van der Waals surface area contributed by atoms with Crippen LogP contribution in [-0.4, -0.2) is 17.1 Å². The lowest BCUT2D eigenvalue weighted by molar-refractivity contribution is -0.388. The maximum atomic E-state index is 12.5. The maximum Gasteiger partial charge on any atom is 0.422 e. The minimum Gasteiger partial charge on any atom is -0.369 e. The van der Waals surface area contributed by atoms with Crippen LogP contribution in [0, 0.1) is 10.1 Å². The van der Waals surface area contributed by atoms with Crippen molar-refractivity contribution in [3.63, 3.8) is 0 Å². The molecule has 0 saturated heterocycles. The Morgan fingerprint density at radius 2 is 1.95 bits per heavy atom. The molecule has 1 aromatic carbocycles. The van der Waals surface area contributed by atoms with Crippen LogP contribution in [0.1, 0.15) is 11.1 Å². The fourth-order valence-corrected chi connectivity index (χ4v) is 1.18. The Labute approximate surface area is 116 Å². The van der Waals surface area contributed by atoms with Crippen LogP contribution in [0.2, 0.25) is 0 Å². The summed E-state index contributed by atoms with van der Waals surface area (Å²) in [5.41, 5.74) is 7.60. The zero-order chi connectivity index (χ0) is 14.6. The van der Waals surface area contributed by atoms with Crippen molar-refractivity contribution < 1.29 is 18.1 Å². The molecule has 0 fully saturated rings. The molecule has 0 amide bonds. The van der Waals surface area contributed by atoms with Gasteiger partial charge in [-0.05, 0) is 6.07 Å². The van der Waals surface area contributed by atoms with Gasteiger partial charge in [-0.3, -0.25) is 10.1 Å². The van der Waals surface area contributed by atoms with Crippen molar-refractivity contribution >= 4 is 30.3 Å². The quantitative estimate of drug-likeness (QED) is 0.381. The second kappa shape index (κ2) is 6.70. The van der Waals surface area contributed by atoms with Crippen LogP contribution >= 0.6 is 12.4 Å². The van der Waals surface area contributed by atoms with Crippen molar-refractivity contribution in [1.29, 1.82) is 0 Å². The highest BCUT2D eigenvalue weighted by atomic mass is 35.5. The molecule has 7 nitrogen and oxygen atoms in total. The Bertz CT molecular complexity index is 555. The standard InChI is InChI=1S/C9H8F3N5O2.ClH/c10-9(11,12)6-2-1-5(3-7(6)17(18)19)4-15-16-8(13)14;/h1-4H,(H4,13,14,16);1H. The third-order valence-electron chi connectivity index (χ3n) is 1.90. The summed E-state index contributed by atoms with van der Waals surface area (Å²) >= 11 is 0. The number of nitrogens with zero attached hydrogens (tertiary/aromatic N) is 3. The van der Waals surface area contributed by atoms with Crippen LogP contribution in [-0.2, 0) is 6.18 Å². The van der Waals surface area contributed by atoms with E-state index in [0.717, 1.165) is 18.3 Å². The number of alkyl halides is 3. The first-order valence-electron chi connectivity index (χ1n) is 4.69. The molecular formula is C9H9ClF3N5O2. The van der Waals surface area contributed by atoms with Crippen molar-refractivity contribution in [3.8, 4) is 0 Å². The summed E-state index contributed by atoms with van der Waals surface area (Å²) in [6.07, 6.45) is -3.81. The molecule has 0 heterocycles. The second-order valence-electron chi connectivity index (χ2n) is 3.30. The Kier molecular flexibility index (Phi) is 5.91. The average Bonchev–Trinajstić information content (AvgIpc) is 2.26. The molecule has 0 bridgehead atoms. The molecule has 110 valence electrons. The molecular weight excluding hydrogens is 303 g/mol. The van der Waals surface area contributed by atoms with Gasteiger partial charge in [0.15, 0.2) is 0 Å². The van der Waals surface area contributed by atoms with Crippen molar-refractivity contribution in [3.05, 3.63) is 39.4 Å². The lowest BCUT2D eigenvalue weighted by atomic mass is 10.1. The van der Waals surface area contributed by atoms with Gasteiger partial charge in [0.25, 0.3) is 5.69 Å². The molecule has 0 aliphatic heterocycles. The highest BCUT2D eigenvalue weighted by molar-refractivity contribution is 5.85. The Hall–Kier alpha value is -2.36. The molecule has 0 atom stereocenters. The van der Waals surface area contributed by atoms with E-state index >= 15 is 0 Å². The molecule has 1 aromatic rings. The molecule has 0 aliphatic carbocycles. The number of benzene rings is 1. The first kappa shape index (κ1) is 17.6. The van der Waals surface area contributed by atoms with E-state index in [4.69, 9.17) is 11.5 Å². The summed E-state index contributed by atoms with van der Waals surface area (Å²) in [7, 11) is 0. The van der Waals surface area contributed by atoms with Gasteiger partial charge in [-0.15, -0.1) is 17.5 Å². The van der Waals surface area contributed by atoms with Crippen LogP contribution in [0.3, 0.4) is 0 Å². The summed E-state index contributed by atoms with van der Waals surface area (Å²) in [6, 6.07) is 2.34. The summed E-state index contributed by atoms with van der Waals surface area (Å²) < 4.78 is 37.5. The van der Waals surface area contributed by atoms with E-state index in [1.54, 1.807) is 0 Å². The Balaban J connectivity index is 0.00000361. The number of nitrogens with two attached hydrogens (primary N) is 2. The summed E-state index contributed by atoms with van der Waals surface area (Å²) in [5.74, 6) is -0.349. The zero-order valence-corrected chi connectivity index (χ0v) is 10.5. The summed E-state index contributed by atoms with van der Waals surface area (Å²) in [5, 5.41) is 17.2. The van der Waals surface area contributed by atoms with E-state index in [0.29, 0.717) is 6.07 Å². The number of nitro benzene ring substituents is 1. The lowest BCUT2D eigenvalue weighted by Gasteiger charge is -2.07. The fourth-order valence-electron chi connectivity index (χ4n) is 1.18. The van der Waals surface area contributed by atoms with Gasteiger partial charge in [0.1, 0.15) is 5.56 Å². The predicted molar refractivity (Wildman–Crippen MR) is 68.8 cm³/mol. The number of halogens is 4. The summed E-state index contributed by atoms with van der Waals surface area (Å²) in [6.45, 7) is 0. The molecule has 20 heavy (non-hydrogen) atoms. The zero-order valence-electron chi connectivity index (χ0n) is 9.66. The van der Waals surface area contributed by atoms with Crippen molar-refractivity contribution in [2.24, 2.45) is 21.7 Å². The van der Waals surface area contributed by atoms with Crippen LogP contribution in [0.25, 0.3) is 0 Å². The van der Waals surface area contributed by atoms with Gasteiger partial charge in [0, 0.05) is 11.6 Å². The van der Waals surface area contributed by atoms with Crippen molar-refractivity contribution in [2.45, 2.75) is 6.18 Å². The molecule has 0 saturated carbocycles. The summed E-state index contributed by atoms with van der Waals surface area (Å²) in [4.78, 5) is 9.47. The van der Waals surface area contributed by atoms with Crippen molar-refractivity contribution in [2.75, 3.05) is 0 Å². The SMILES string of the molecule is Cl.NC(N)=NN=Cc1ccc(C(F)(F)F)c([N+](=O)[O-])c1. The van der Waals surface area contributed by atoms with Crippen molar-refractivity contribution in [1.82, 2.24) is 0 Å². The molecule has 0 radical (unpaired) electrons. The third-order valence-corrected chi connectivity index (χ3v) is 1.90. The van der Waals surface area contributed by atoms with Gasteiger partial charge in [-0.2, -0.15) is 18.3 Å². The first-order chi connectivity index (χ1) is 8.71. The van der Waals surface area contributed by atoms with Crippen LogP contribution in [0.15, 0.2) is 28.4 Å². The fraction of sp³-hybridized carbons (Fsp3) is 0.111. The molecule has 11 heteroatoms. The highest BCUT2D eigenvalue weighted by Gasteiger charge is 2.38. The number of hydrogen-bond donors (Lipinski definition) is 2.